The minimum Gasteiger partial charge on any atom is -0.465 e. The first-order valence-corrected chi connectivity index (χ1v) is 5.56. The Labute approximate surface area is 107 Å². The molecule has 0 unspecified atom stereocenters. The summed E-state index contributed by atoms with van der Waals surface area (Å²) in [5, 5.41) is 0. The lowest BCUT2D eigenvalue weighted by Crippen LogP contribution is -2.06. The zero-order chi connectivity index (χ0) is 12.3. The molecule has 0 amide bonds. The number of hydrogen-bond acceptors (Lipinski definition) is 3. The number of methoxy groups -OCH3 is 1. The maximum Gasteiger partial charge on any atom is 0.387 e. The zero-order valence-electron chi connectivity index (χ0n) is 7.97. The first-order chi connectivity index (χ1) is 7.45. The van der Waals surface area contributed by atoms with Crippen molar-refractivity contribution in [3.05, 3.63) is 26.6 Å². The molecular formula is C9H6Br2F2O3. The molecule has 0 saturated carbocycles. The number of hydrogen-bond donors (Lipinski definition) is 0. The van der Waals surface area contributed by atoms with Crippen molar-refractivity contribution in [1.29, 1.82) is 0 Å². The molecule has 0 aliphatic carbocycles. The third kappa shape index (κ3) is 3.15. The summed E-state index contributed by atoms with van der Waals surface area (Å²) in [6, 6.07) is 2.61. The number of benzene rings is 1. The molecule has 0 aromatic heterocycles. The van der Waals surface area contributed by atoms with Crippen LogP contribution in [-0.4, -0.2) is 19.7 Å². The summed E-state index contributed by atoms with van der Waals surface area (Å²) >= 11 is 6.16. The van der Waals surface area contributed by atoms with Gasteiger partial charge in [0.05, 0.1) is 17.1 Å². The Morgan fingerprint density at radius 2 is 2.00 bits per heavy atom. The molecule has 0 fully saturated rings. The molecular weight excluding hydrogens is 354 g/mol. The molecule has 0 atom stereocenters. The fraction of sp³-hybridized carbons (Fsp3) is 0.222. The molecule has 0 radical (unpaired) electrons. The second-order valence-electron chi connectivity index (χ2n) is 2.64. The third-order valence-corrected chi connectivity index (χ3v) is 3.61. The van der Waals surface area contributed by atoms with Crippen LogP contribution >= 0.6 is 31.9 Å². The maximum atomic E-state index is 12.1. The van der Waals surface area contributed by atoms with Crippen LogP contribution in [0.25, 0.3) is 0 Å². The number of carbonyl (C=O) groups excluding carboxylic acids is 1. The summed E-state index contributed by atoms with van der Waals surface area (Å²) in [7, 11) is 1.20. The molecule has 0 aliphatic rings. The highest BCUT2D eigenvalue weighted by Crippen LogP contribution is 2.35. The highest BCUT2D eigenvalue weighted by Gasteiger charge is 2.16. The summed E-state index contributed by atoms with van der Waals surface area (Å²) in [4.78, 5) is 11.2. The van der Waals surface area contributed by atoms with Gasteiger partial charge < -0.3 is 9.47 Å². The molecule has 0 saturated heterocycles. The van der Waals surface area contributed by atoms with E-state index in [1.54, 1.807) is 0 Å². The van der Waals surface area contributed by atoms with Gasteiger partial charge in [0.25, 0.3) is 0 Å². The average Bonchev–Trinajstić information content (AvgIpc) is 2.22. The van der Waals surface area contributed by atoms with Gasteiger partial charge in [0.15, 0.2) is 0 Å². The fourth-order valence-corrected chi connectivity index (χ4v) is 1.75. The number of alkyl halides is 2. The van der Waals surface area contributed by atoms with E-state index in [-0.39, 0.29) is 11.3 Å². The van der Waals surface area contributed by atoms with Crippen LogP contribution in [-0.2, 0) is 4.74 Å². The van der Waals surface area contributed by atoms with Crippen LogP contribution in [0, 0.1) is 0 Å². The predicted octanol–water partition coefficient (Wildman–Crippen LogP) is 3.60. The van der Waals surface area contributed by atoms with Gasteiger partial charge in [-0.25, -0.2) is 4.79 Å². The van der Waals surface area contributed by atoms with E-state index in [1.165, 1.54) is 19.2 Å². The molecule has 0 aliphatic heterocycles. The van der Waals surface area contributed by atoms with E-state index in [4.69, 9.17) is 0 Å². The Morgan fingerprint density at radius 3 is 2.50 bits per heavy atom. The number of esters is 1. The topological polar surface area (TPSA) is 35.5 Å². The van der Waals surface area contributed by atoms with Crippen LogP contribution in [0.5, 0.6) is 5.75 Å². The quantitative estimate of drug-likeness (QED) is 0.773. The lowest BCUT2D eigenvalue weighted by molar-refractivity contribution is -0.0504. The van der Waals surface area contributed by atoms with Crippen LogP contribution in [0.3, 0.4) is 0 Å². The predicted molar refractivity (Wildman–Crippen MR) is 59.8 cm³/mol. The molecule has 3 nitrogen and oxygen atoms in total. The van der Waals surface area contributed by atoms with Gasteiger partial charge in [0.2, 0.25) is 0 Å². The minimum atomic E-state index is -2.96. The normalized spacial score (nSPS) is 10.4. The molecule has 1 aromatic rings. The maximum absolute atomic E-state index is 12.1. The van der Waals surface area contributed by atoms with Crippen molar-refractivity contribution in [1.82, 2.24) is 0 Å². The minimum absolute atomic E-state index is 0.119. The first-order valence-electron chi connectivity index (χ1n) is 3.98. The van der Waals surface area contributed by atoms with Gasteiger partial charge in [-0.05, 0) is 44.0 Å². The van der Waals surface area contributed by atoms with E-state index in [0.717, 1.165) is 0 Å². The summed E-state index contributed by atoms with van der Waals surface area (Å²) in [6.07, 6.45) is 0. The van der Waals surface area contributed by atoms with Gasteiger partial charge in [-0.3, -0.25) is 0 Å². The highest BCUT2D eigenvalue weighted by atomic mass is 79.9. The molecule has 0 heterocycles. The van der Waals surface area contributed by atoms with Crippen molar-refractivity contribution < 1.29 is 23.0 Å². The molecule has 1 rings (SSSR count). The first kappa shape index (κ1) is 13.4. The third-order valence-electron chi connectivity index (χ3n) is 1.63. The van der Waals surface area contributed by atoms with E-state index in [0.29, 0.717) is 8.95 Å². The molecule has 88 valence electrons. The molecule has 0 bridgehead atoms. The molecule has 1 aromatic carbocycles. The second kappa shape index (κ2) is 5.58. The van der Waals surface area contributed by atoms with Gasteiger partial charge in [-0.1, -0.05) is 0 Å². The van der Waals surface area contributed by atoms with Gasteiger partial charge in [-0.2, -0.15) is 8.78 Å². The van der Waals surface area contributed by atoms with Crippen molar-refractivity contribution in [2.75, 3.05) is 7.11 Å². The largest absolute Gasteiger partial charge is 0.465 e. The number of halogens is 4. The second-order valence-corrected chi connectivity index (χ2v) is 4.29. The van der Waals surface area contributed by atoms with Gasteiger partial charge in [0, 0.05) is 4.47 Å². The van der Waals surface area contributed by atoms with Crippen LogP contribution in [0.4, 0.5) is 8.78 Å². The van der Waals surface area contributed by atoms with E-state index in [9.17, 15) is 13.6 Å². The standard InChI is InChI=1S/C9H6Br2F2O3/c1-15-8(14)4-2-5(10)7(11)6(3-4)16-9(12)13/h2-3,9H,1H3. The lowest BCUT2D eigenvalue weighted by Gasteiger charge is -2.09. The summed E-state index contributed by atoms with van der Waals surface area (Å²) in [5.74, 6) is -0.767. The molecule has 16 heavy (non-hydrogen) atoms. The van der Waals surface area contributed by atoms with Gasteiger partial charge in [0.1, 0.15) is 5.75 Å². The van der Waals surface area contributed by atoms with Crippen LogP contribution in [0.15, 0.2) is 21.1 Å². The van der Waals surface area contributed by atoms with E-state index in [1.807, 2.05) is 0 Å². The Hall–Kier alpha value is -0.690. The van der Waals surface area contributed by atoms with Crippen molar-refractivity contribution in [3.63, 3.8) is 0 Å². The Morgan fingerprint density at radius 1 is 1.38 bits per heavy atom. The SMILES string of the molecule is COC(=O)c1cc(Br)c(Br)c(OC(F)F)c1. The number of carbonyl (C=O) groups is 1. The summed E-state index contributed by atoms with van der Waals surface area (Å²) in [5.41, 5.74) is 0.119. The van der Waals surface area contributed by atoms with Crippen LogP contribution in [0.1, 0.15) is 10.4 Å². The zero-order valence-corrected chi connectivity index (χ0v) is 11.1. The van der Waals surface area contributed by atoms with Crippen molar-refractivity contribution in [2.45, 2.75) is 6.61 Å². The van der Waals surface area contributed by atoms with Crippen molar-refractivity contribution in [3.8, 4) is 5.75 Å². The monoisotopic (exact) mass is 358 g/mol. The van der Waals surface area contributed by atoms with Crippen LogP contribution in [0.2, 0.25) is 0 Å². The van der Waals surface area contributed by atoms with E-state index < -0.39 is 12.6 Å². The smallest absolute Gasteiger partial charge is 0.387 e. The van der Waals surface area contributed by atoms with Crippen LogP contribution < -0.4 is 4.74 Å². The molecule has 7 heteroatoms. The lowest BCUT2D eigenvalue weighted by atomic mass is 10.2. The van der Waals surface area contributed by atoms with Gasteiger partial charge >= 0.3 is 12.6 Å². The molecule has 0 N–H and O–H groups in total. The number of ether oxygens (including phenoxy) is 2. The Kier molecular flexibility index (Phi) is 4.67. The van der Waals surface area contributed by atoms with Gasteiger partial charge in [-0.15, -0.1) is 0 Å². The summed E-state index contributed by atoms with van der Waals surface area (Å²) < 4.78 is 33.6. The Bertz CT molecular complexity index is 410. The van der Waals surface area contributed by atoms with Crippen molar-refractivity contribution in [2.24, 2.45) is 0 Å². The van der Waals surface area contributed by atoms with E-state index >= 15 is 0 Å². The Balaban J connectivity index is 3.16. The average molecular weight is 360 g/mol. The summed E-state index contributed by atoms with van der Waals surface area (Å²) in [6.45, 7) is -2.96. The highest BCUT2D eigenvalue weighted by molar-refractivity contribution is 9.13. The number of rotatable bonds is 3. The fourth-order valence-electron chi connectivity index (χ4n) is 0.981. The molecule has 0 spiro atoms. The van der Waals surface area contributed by atoms with Crippen molar-refractivity contribution >= 4 is 37.8 Å². The van der Waals surface area contributed by atoms with E-state index in [2.05, 4.69) is 41.3 Å².